The molecule has 21 heavy (non-hydrogen) atoms. The number of carbonyl (C=O) groups excluding carboxylic acids is 1. The summed E-state index contributed by atoms with van der Waals surface area (Å²) in [5.41, 5.74) is -0.847. The molecule has 1 aromatic heterocycles. The number of ether oxygens (including phenoxy) is 1. The molecule has 0 aromatic carbocycles. The minimum atomic E-state index is -0.478. The predicted octanol–water partition coefficient (Wildman–Crippen LogP) is 4.21. The van der Waals surface area contributed by atoms with Crippen molar-refractivity contribution in [3.8, 4) is 0 Å². The summed E-state index contributed by atoms with van der Waals surface area (Å²) in [6.07, 6.45) is -0.385. The largest absolute Gasteiger partial charge is 0.444 e. The molecule has 0 saturated carbocycles. The fourth-order valence-corrected chi connectivity index (χ4v) is 3.30. The summed E-state index contributed by atoms with van der Waals surface area (Å²) in [5.74, 6) is 0. The monoisotopic (exact) mass is 376 g/mol. The van der Waals surface area contributed by atoms with Gasteiger partial charge >= 0.3 is 6.09 Å². The molecule has 0 aliphatic rings. The summed E-state index contributed by atoms with van der Waals surface area (Å²) in [6.45, 7) is 13.1. The first-order valence-electron chi connectivity index (χ1n) is 6.95. The molecule has 120 valence electrons. The Labute approximate surface area is 139 Å². The predicted molar refractivity (Wildman–Crippen MR) is 91.9 cm³/mol. The van der Waals surface area contributed by atoms with Gasteiger partial charge < -0.3 is 15.4 Å². The zero-order valence-corrected chi connectivity index (χ0v) is 16.0. The minimum absolute atomic E-state index is 0.369. The van der Waals surface area contributed by atoms with Crippen molar-refractivity contribution in [2.24, 2.45) is 0 Å². The smallest absolute Gasteiger partial charge is 0.408 e. The second-order valence-electron chi connectivity index (χ2n) is 6.73. The van der Waals surface area contributed by atoms with Gasteiger partial charge in [-0.2, -0.15) is 0 Å². The van der Waals surface area contributed by atoms with E-state index in [0.29, 0.717) is 6.54 Å². The number of rotatable bonds is 5. The van der Waals surface area contributed by atoms with E-state index in [0.717, 1.165) is 11.0 Å². The number of nitrogens with one attached hydrogen (secondary N) is 2. The van der Waals surface area contributed by atoms with Crippen LogP contribution in [0.5, 0.6) is 0 Å². The van der Waals surface area contributed by atoms with E-state index in [2.05, 4.69) is 39.6 Å². The number of alkyl carbamates (subject to hydrolysis) is 1. The highest BCUT2D eigenvalue weighted by Gasteiger charge is 2.24. The maximum absolute atomic E-state index is 11.8. The first kappa shape index (κ1) is 18.5. The first-order valence-corrected chi connectivity index (χ1v) is 8.56. The second kappa shape index (κ2) is 7.11. The van der Waals surface area contributed by atoms with Gasteiger partial charge in [-0.15, -0.1) is 11.3 Å². The molecule has 0 unspecified atom stereocenters. The molecule has 0 fully saturated rings. The van der Waals surface area contributed by atoms with Crippen LogP contribution in [-0.4, -0.2) is 23.8 Å². The van der Waals surface area contributed by atoms with Gasteiger partial charge in [-0.25, -0.2) is 4.79 Å². The third kappa shape index (κ3) is 7.29. The fourth-order valence-electron chi connectivity index (χ4n) is 1.73. The van der Waals surface area contributed by atoms with Crippen molar-refractivity contribution in [3.05, 3.63) is 20.3 Å². The molecule has 0 aliphatic carbocycles. The number of hydrogen-bond acceptors (Lipinski definition) is 4. The van der Waals surface area contributed by atoms with E-state index in [1.54, 1.807) is 11.3 Å². The van der Waals surface area contributed by atoms with E-state index in [4.69, 9.17) is 4.74 Å². The van der Waals surface area contributed by atoms with Crippen molar-refractivity contribution in [2.45, 2.75) is 59.2 Å². The molecular formula is C15H25BrN2O2S. The number of aryl methyl sites for hydroxylation is 1. The van der Waals surface area contributed by atoms with Crippen molar-refractivity contribution in [1.29, 1.82) is 0 Å². The molecule has 1 heterocycles. The normalized spacial score (nSPS) is 12.3. The standard InChI is InChI=1S/C15H25BrN2O2S/c1-10-12(16)7-11(21-10)8-17-9-15(5,6)18-13(19)20-14(2,3)4/h7,17H,8-9H2,1-6H3,(H,18,19). The summed E-state index contributed by atoms with van der Waals surface area (Å²) < 4.78 is 6.42. The molecule has 0 atom stereocenters. The molecular weight excluding hydrogens is 352 g/mol. The van der Waals surface area contributed by atoms with Crippen molar-refractivity contribution >= 4 is 33.4 Å². The van der Waals surface area contributed by atoms with E-state index >= 15 is 0 Å². The molecule has 2 N–H and O–H groups in total. The van der Waals surface area contributed by atoms with Gasteiger partial charge in [-0.3, -0.25) is 0 Å². The topological polar surface area (TPSA) is 50.4 Å². The summed E-state index contributed by atoms with van der Waals surface area (Å²) >= 11 is 5.28. The molecule has 0 radical (unpaired) electrons. The quantitative estimate of drug-likeness (QED) is 0.808. The van der Waals surface area contributed by atoms with Gasteiger partial charge in [-0.1, -0.05) is 0 Å². The molecule has 1 amide bonds. The van der Waals surface area contributed by atoms with Crippen LogP contribution in [0.25, 0.3) is 0 Å². The lowest BCUT2D eigenvalue weighted by atomic mass is 10.1. The second-order valence-corrected chi connectivity index (χ2v) is 8.93. The number of carbonyl (C=O) groups is 1. The number of thiophene rings is 1. The van der Waals surface area contributed by atoms with Crippen LogP contribution in [0.2, 0.25) is 0 Å². The lowest BCUT2D eigenvalue weighted by Gasteiger charge is -2.28. The Kier molecular flexibility index (Phi) is 6.25. The Hall–Kier alpha value is -0.590. The molecule has 1 aromatic rings. The summed E-state index contributed by atoms with van der Waals surface area (Å²) in [7, 11) is 0. The number of halogens is 1. The molecule has 0 aliphatic heterocycles. The zero-order chi connectivity index (χ0) is 16.3. The molecule has 4 nitrogen and oxygen atoms in total. The molecule has 6 heteroatoms. The van der Waals surface area contributed by atoms with E-state index < -0.39 is 5.60 Å². The Morgan fingerprint density at radius 1 is 1.33 bits per heavy atom. The lowest BCUT2D eigenvalue weighted by molar-refractivity contribution is 0.0472. The summed E-state index contributed by atoms with van der Waals surface area (Å²) in [6, 6.07) is 2.13. The Morgan fingerprint density at radius 3 is 2.43 bits per heavy atom. The van der Waals surface area contributed by atoms with E-state index in [1.807, 2.05) is 34.6 Å². The van der Waals surface area contributed by atoms with Gasteiger partial charge in [0.25, 0.3) is 0 Å². The van der Waals surface area contributed by atoms with Crippen molar-refractivity contribution < 1.29 is 9.53 Å². The van der Waals surface area contributed by atoms with Gasteiger partial charge in [-0.05, 0) is 63.5 Å². The van der Waals surface area contributed by atoms with Crippen LogP contribution < -0.4 is 10.6 Å². The average Bonchev–Trinajstić information content (AvgIpc) is 2.53. The Bertz CT molecular complexity index is 473. The highest BCUT2D eigenvalue weighted by Crippen LogP contribution is 2.26. The maximum atomic E-state index is 11.8. The Morgan fingerprint density at radius 2 is 1.95 bits per heavy atom. The summed E-state index contributed by atoms with van der Waals surface area (Å²) in [5, 5.41) is 6.26. The first-order chi connectivity index (χ1) is 9.48. The molecule has 0 saturated heterocycles. The van der Waals surface area contributed by atoms with Crippen LogP contribution >= 0.6 is 27.3 Å². The van der Waals surface area contributed by atoms with Gasteiger partial charge in [0.1, 0.15) is 5.60 Å². The third-order valence-corrected chi connectivity index (χ3v) is 4.75. The van der Waals surface area contributed by atoms with Crippen molar-refractivity contribution in [2.75, 3.05) is 6.54 Å². The van der Waals surface area contributed by atoms with Crippen LogP contribution in [0.4, 0.5) is 4.79 Å². The molecule has 0 spiro atoms. The number of amides is 1. The van der Waals surface area contributed by atoms with Gasteiger partial charge in [0.15, 0.2) is 0 Å². The van der Waals surface area contributed by atoms with Gasteiger partial charge in [0.05, 0.1) is 5.54 Å². The van der Waals surface area contributed by atoms with Crippen LogP contribution in [0.1, 0.15) is 44.4 Å². The Balaban J connectivity index is 2.40. The molecule has 1 rings (SSSR count). The van der Waals surface area contributed by atoms with Gasteiger partial charge in [0, 0.05) is 27.3 Å². The average molecular weight is 377 g/mol. The zero-order valence-electron chi connectivity index (χ0n) is 13.6. The highest BCUT2D eigenvalue weighted by atomic mass is 79.9. The summed E-state index contributed by atoms with van der Waals surface area (Å²) in [4.78, 5) is 14.3. The third-order valence-electron chi connectivity index (χ3n) is 2.61. The van der Waals surface area contributed by atoms with Crippen molar-refractivity contribution in [1.82, 2.24) is 10.6 Å². The lowest BCUT2D eigenvalue weighted by Crippen LogP contribution is -2.51. The number of hydrogen-bond donors (Lipinski definition) is 2. The van der Waals surface area contributed by atoms with Crippen molar-refractivity contribution in [3.63, 3.8) is 0 Å². The highest BCUT2D eigenvalue weighted by molar-refractivity contribution is 9.10. The van der Waals surface area contributed by atoms with Crippen LogP contribution in [0.3, 0.4) is 0 Å². The minimum Gasteiger partial charge on any atom is -0.444 e. The van der Waals surface area contributed by atoms with Crippen LogP contribution in [-0.2, 0) is 11.3 Å². The van der Waals surface area contributed by atoms with Crippen LogP contribution in [0.15, 0.2) is 10.5 Å². The van der Waals surface area contributed by atoms with E-state index in [1.165, 1.54) is 9.75 Å². The molecule has 0 bridgehead atoms. The van der Waals surface area contributed by atoms with E-state index in [9.17, 15) is 4.79 Å². The van der Waals surface area contributed by atoms with Crippen LogP contribution in [0, 0.1) is 6.92 Å². The van der Waals surface area contributed by atoms with E-state index in [-0.39, 0.29) is 11.6 Å². The fraction of sp³-hybridized carbons (Fsp3) is 0.667. The van der Waals surface area contributed by atoms with Gasteiger partial charge in [0.2, 0.25) is 0 Å². The SMILES string of the molecule is Cc1sc(CNCC(C)(C)NC(=O)OC(C)(C)C)cc1Br. The maximum Gasteiger partial charge on any atom is 0.408 e.